The van der Waals surface area contributed by atoms with Crippen LogP contribution >= 0.6 is 23.4 Å². The predicted molar refractivity (Wildman–Crippen MR) is 136 cm³/mol. The van der Waals surface area contributed by atoms with Crippen LogP contribution in [0.3, 0.4) is 0 Å². The Morgan fingerprint density at radius 1 is 0.974 bits per heavy atom. The molecule has 1 fully saturated rings. The summed E-state index contributed by atoms with van der Waals surface area (Å²) in [4.78, 5) is 2.49. The van der Waals surface area contributed by atoms with Gasteiger partial charge < -0.3 is 9.64 Å². The molecular formula is C25H21ClF6N2O3S2. The van der Waals surface area contributed by atoms with E-state index < -0.39 is 45.4 Å². The molecule has 1 atom stereocenters. The minimum absolute atomic E-state index is 0.0181. The molecule has 0 amide bonds. The molecule has 5 nitrogen and oxygen atoms in total. The number of hydrogen-bond acceptors (Lipinski definition) is 5. The zero-order valence-electron chi connectivity index (χ0n) is 20.1. The molecule has 1 aliphatic heterocycles. The van der Waals surface area contributed by atoms with E-state index in [-0.39, 0.29) is 15.6 Å². The van der Waals surface area contributed by atoms with Crippen molar-refractivity contribution >= 4 is 39.1 Å². The number of likely N-dealkylation sites (N-methyl/N-ethyl adjacent to an activating group) is 1. The van der Waals surface area contributed by atoms with E-state index in [0.717, 1.165) is 48.2 Å². The summed E-state index contributed by atoms with van der Waals surface area (Å²) in [7, 11) is -2.45. The van der Waals surface area contributed by atoms with Crippen molar-refractivity contribution in [1.29, 1.82) is 0 Å². The van der Waals surface area contributed by atoms with Gasteiger partial charge in [-0.15, -0.1) is 0 Å². The van der Waals surface area contributed by atoms with Crippen molar-refractivity contribution in [2.45, 2.75) is 39.6 Å². The van der Waals surface area contributed by atoms with Gasteiger partial charge in [0.2, 0.25) is 0 Å². The quantitative estimate of drug-likeness (QED) is 0.282. The summed E-state index contributed by atoms with van der Waals surface area (Å²) in [6.45, 7) is 1.09. The fourth-order valence-electron chi connectivity index (χ4n) is 3.87. The number of anilines is 1. The zero-order valence-corrected chi connectivity index (χ0v) is 22.5. The Morgan fingerprint density at radius 3 is 2.23 bits per heavy atom. The highest BCUT2D eigenvalue weighted by Crippen LogP contribution is 2.40. The Morgan fingerprint density at radius 2 is 1.67 bits per heavy atom. The van der Waals surface area contributed by atoms with Crippen LogP contribution in [0.4, 0.5) is 32.0 Å². The van der Waals surface area contributed by atoms with Gasteiger partial charge >= 0.3 is 12.4 Å². The summed E-state index contributed by atoms with van der Waals surface area (Å²) in [6, 6.07) is 10.9. The molecule has 1 heterocycles. The molecule has 210 valence electrons. The van der Waals surface area contributed by atoms with E-state index >= 15 is 0 Å². The molecule has 0 bridgehead atoms. The fraction of sp³-hybridized carbons (Fsp3) is 0.280. The van der Waals surface area contributed by atoms with Crippen LogP contribution < -0.4 is 9.46 Å². The van der Waals surface area contributed by atoms with Gasteiger partial charge in [-0.05, 0) is 68.1 Å². The van der Waals surface area contributed by atoms with Gasteiger partial charge in [-0.25, -0.2) is 8.42 Å². The SMILES string of the molecule is CN1CCC(Oc2cc(NS(=O)(=O)c3ccc(Sc4ccc(C(F)(F)F)cc4)c(Cl)c3)ccc2C(F)(F)F)C1. The third-order valence-electron chi connectivity index (χ3n) is 5.80. The maximum atomic E-state index is 13.5. The van der Waals surface area contributed by atoms with Crippen molar-refractivity contribution in [2.75, 3.05) is 24.9 Å². The molecule has 0 spiro atoms. The van der Waals surface area contributed by atoms with E-state index in [1.54, 1.807) is 0 Å². The molecule has 3 aromatic carbocycles. The number of nitrogens with one attached hydrogen (secondary N) is 1. The van der Waals surface area contributed by atoms with Crippen LogP contribution in [-0.4, -0.2) is 39.6 Å². The van der Waals surface area contributed by atoms with Crippen molar-refractivity contribution in [2.24, 2.45) is 0 Å². The molecule has 0 radical (unpaired) electrons. The molecule has 1 saturated heterocycles. The molecule has 3 aromatic rings. The fourth-order valence-corrected chi connectivity index (χ4v) is 6.13. The number of hydrogen-bond donors (Lipinski definition) is 1. The van der Waals surface area contributed by atoms with Gasteiger partial charge in [0.05, 0.1) is 26.7 Å². The van der Waals surface area contributed by atoms with Crippen LogP contribution in [-0.2, 0) is 22.4 Å². The highest BCUT2D eigenvalue weighted by Gasteiger charge is 2.36. The second-order valence-electron chi connectivity index (χ2n) is 8.82. The van der Waals surface area contributed by atoms with Crippen molar-refractivity contribution < 1.29 is 39.5 Å². The monoisotopic (exact) mass is 610 g/mol. The van der Waals surface area contributed by atoms with E-state index in [4.69, 9.17) is 16.3 Å². The molecular weight excluding hydrogens is 590 g/mol. The molecule has 0 aromatic heterocycles. The molecule has 39 heavy (non-hydrogen) atoms. The van der Waals surface area contributed by atoms with Gasteiger partial charge in [-0.1, -0.05) is 23.4 Å². The van der Waals surface area contributed by atoms with Crippen molar-refractivity contribution in [3.8, 4) is 5.75 Å². The number of likely N-dealkylation sites (tertiary alicyclic amines) is 1. The number of benzene rings is 3. The first-order chi connectivity index (χ1) is 18.1. The minimum atomic E-state index is -4.70. The van der Waals surface area contributed by atoms with Crippen LogP contribution in [0, 0.1) is 0 Å². The molecule has 14 heteroatoms. The molecule has 4 rings (SSSR count). The molecule has 1 aliphatic rings. The lowest BCUT2D eigenvalue weighted by atomic mass is 10.1. The average Bonchev–Trinajstić information content (AvgIpc) is 3.23. The summed E-state index contributed by atoms with van der Waals surface area (Å²) in [6.07, 6.45) is -9.13. The molecule has 1 N–H and O–H groups in total. The van der Waals surface area contributed by atoms with Crippen LogP contribution in [0.5, 0.6) is 5.75 Å². The zero-order chi connectivity index (χ0) is 28.6. The number of sulfonamides is 1. The number of ether oxygens (including phenoxy) is 1. The van der Waals surface area contributed by atoms with Gasteiger partial charge in [-0.2, -0.15) is 26.3 Å². The standard InChI is InChI=1S/C25H21ClF6N2O3S2/c1-34-11-10-17(14-34)37-22-12-16(4-8-20(22)25(30,31)32)33-39(35,36)19-7-9-23(21(26)13-19)38-18-5-2-15(3-6-18)24(27,28)29/h2-9,12-13,17,33H,10-11,14H2,1H3. The van der Waals surface area contributed by atoms with Gasteiger partial charge in [-0.3, -0.25) is 4.72 Å². The maximum absolute atomic E-state index is 13.5. The lowest BCUT2D eigenvalue weighted by molar-refractivity contribution is -0.139. The smallest absolute Gasteiger partial charge is 0.419 e. The Hall–Kier alpha value is -2.61. The largest absolute Gasteiger partial charge is 0.488 e. The summed E-state index contributed by atoms with van der Waals surface area (Å²) < 4.78 is 113. The van der Waals surface area contributed by atoms with Gasteiger partial charge in [0.25, 0.3) is 10.0 Å². The van der Waals surface area contributed by atoms with E-state index in [9.17, 15) is 34.8 Å². The van der Waals surface area contributed by atoms with Crippen molar-refractivity contribution in [3.05, 3.63) is 76.8 Å². The average molecular weight is 611 g/mol. The summed E-state index contributed by atoms with van der Waals surface area (Å²) in [5.74, 6) is -0.482. The van der Waals surface area contributed by atoms with E-state index in [1.165, 1.54) is 24.3 Å². The van der Waals surface area contributed by atoms with Crippen LogP contribution in [0.25, 0.3) is 0 Å². The second-order valence-corrected chi connectivity index (χ2v) is 12.0. The second kappa shape index (κ2) is 11.1. The van der Waals surface area contributed by atoms with Crippen molar-refractivity contribution in [1.82, 2.24) is 4.90 Å². The maximum Gasteiger partial charge on any atom is 0.419 e. The van der Waals surface area contributed by atoms with E-state index in [1.807, 2.05) is 11.9 Å². The lowest BCUT2D eigenvalue weighted by Gasteiger charge is -2.19. The van der Waals surface area contributed by atoms with Crippen LogP contribution in [0.2, 0.25) is 5.02 Å². The molecule has 1 unspecified atom stereocenters. The van der Waals surface area contributed by atoms with Gasteiger partial charge in [0.1, 0.15) is 11.9 Å². The van der Waals surface area contributed by atoms with E-state index in [2.05, 4.69) is 4.72 Å². The molecule has 0 saturated carbocycles. The first-order valence-corrected chi connectivity index (χ1v) is 14.0. The highest BCUT2D eigenvalue weighted by atomic mass is 35.5. The Labute approximate surface area is 230 Å². The third kappa shape index (κ3) is 7.33. The Kier molecular flexibility index (Phi) is 8.36. The summed E-state index contributed by atoms with van der Waals surface area (Å²) in [5.41, 5.74) is -1.96. The van der Waals surface area contributed by atoms with Crippen LogP contribution in [0.1, 0.15) is 17.5 Å². The highest BCUT2D eigenvalue weighted by molar-refractivity contribution is 7.99. The van der Waals surface area contributed by atoms with Gasteiger partial charge in [0, 0.05) is 28.9 Å². The van der Waals surface area contributed by atoms with E-state index in [0.29, 0.717) is 29.3 Å². The van der Waals surface area contributed by atoms with Gasteiger partial charge in [0.15, 0.2) is 0 Å². The van der Waals surface area contributed by atoms with Crippen molar-refractivity contribution in [3.63, 3.8) is 0 Å². The van der Waals surface area contributed by atoms with Crippen LogP contribution in [0.15, 0.2) is 75.4 Å². The summed E-state index contributed by atoms with van der Waals surface area (Å²) >= 11 is 7.29. The molecule has 0 aliphatic carbocycles. The topological polar surface area (TPSA) is 58.6 Å². The number of rotatable bonds is 7. The minimum Gasteiger partial charge on any atom is -0.488 e. The third-order valence-corrected chi connectivity index (χ3v) is 8.69. The summed E-state index contributed by atoms with van der Waals surface area (Å²) in [5, 5.41) is 0.0181. The first-order valence-electron chi connectivity index (χ1n) is 11.4. The Balaban J connectivity index is 1.53. The number of halogens is 7. The normalized spacial score (nSPS) is 16.9. The number of alkyl halides is 6. The predicted octanol–water partition coefficient (Wildman–Crippen LogP) is 7.41. The number of nitrogens with zero attached hydrogens (tertiary/aromatic N) is 1. The Bertz CT molecular complexity index is 1450. The first kappa shape index (κ1) is 29.4. The lowest BCUT2D eigenvalue weighted by Crippen LogP contribution is -2.23.